The quantitative estimate of drug-likeness (QED) is 0.599. The molecular weight excluding hydrogens is 186 g/mol. The van der Waals surface area contributed by atoms with Gasteiger partial charge in [-0.3, -0.25) is 4.98 Å². The van der Waals surface area contributed by atoms with Gasteiger partial charge in [0.1, 0.15) is 5.82 Å². The molecule has 2 aromatic rings. The molecule has 72 valence electrons. The van der Waals surface area contributed by atoms with Crippen LogP contribution < -0.4 is 5.32 Å². The van der Waals surface area contributed by atoms with Gasteiger partial charge in [0.2, 0.25) is 0 Å². The first-order chi connectivity index (χ1) is 7.43. The van der Waals surface area contributed by atoms with Crippen molar-refractivity contribution in [3.05, 3.63) is 47.9 Å². The molecule has 0 radical (unpaired) electrons. The van der Waals surface area contributed by atoms with Crippen LogP contribution in [0.4, 0.5) is 11.5 Å². The standard InChI is InChI=1S/C12H9N3/c1-3-9-5-6-10-11(4-2-7-13-10)15-12(9)14-8-1/h1-8H,(H,14,15). The van der Waals surface area contributed by atoms with Crippen LogP contribution in [0.5, 0.6) is 0 Å². The second-order valence-electron chi connectivity index (χ2n) is 3.34. The molecule has 0 spiro atoms. The van der Waals surface area contributed by atoms with Crippen LogP contribution in [0, 0.1) is 0 Å². The molecule has 0 fully saturated rings. The molecule has 3 rings (SSSR count). The number of nitrogens with zero attached hydrogens (tertiary/aromatic N) is 2. The summed E-state index contributed by atoms with van der Waals surface area (Å²) in [5.41, 5.74) is 3.01. The number of fused-ring (bicyclic) bond motifs is 2. The van der Waals surface area contributed by atoms with Gasteiger partial charge in [0.15, 0.2) is 0 Å². The highest BCUT2D eigenvalue weighted by molar-refractivity contribution is 5.84. The summed E-state index contributed by atoms with van der Waals surface area (Å²) in [4.78, 5) is 8.57. The molecule has 0 aliphatic carbocycles. The lowest BCUT2D eigenvalue weighted by Crippen LogP contribution is -1.96. The Morgan fingerprint density at radius 2 is 1.80 bits per heavy atom. The van der Waals surface area contributed by atoms with Gasteiger partial charge in [0.25, 0.3) is 0 Å². The van der Waals surface area contributed by atoms with E-state index in [1.165, 1.54) is 0 Å². The molecule has 0 atom stereocenters. The first kappa shape index (κ1) is 8.17. The van der Waals surface area contributed by atoms with Crippen LogP contribution >= 0.6 is 0 Å². The van der Waals surface area contributed by atoms with Crippen molar-refractivity contribution in [1.29, 1.82) is 0 Å². The molecule has 0 bridgehead atoms. The molecule has 1 aliphatic rings. The van der Waals surface area contributed by atoms with Crippen molar-refractivity contribution >= 4 is 23.7 Å². The highest BCUT2D eigenvalue weighted by Gasteiger charge is 2.08. The van der Waals surface area contributed by atoms with E-state index in [1.807, 2.05) is 36.4 Å². The molecule has 3 nitrogen and oxygen atoms in total. The van der Waals surface area contributed by atoms with Gasteiger partial charge in [-0.1, -0.05) is 0 Å². The Kier molecular flexibility index (Phi) is 1.75. The van der Waals surface area contributed by atoms with E-state index >= 15 is 0 Å². The summed E-state index contributed by atoms with van der Waals surface area (Å²) in [5.74, 6) is 0.875. The Hall–Kier alpha value is -2.16. The van der Waals surface area contributed by atoms with Crippen LogP contribution in [-0.2, 0) is 0 Å². The van der Waals surface area contributed by atoms with Gasteiger partial charge in [-0.15, -0.1) is 0 Å². The highest BCUT2D eigenvalue weighted by Crippen LogP contribution is 2.26. The van der Waals surface area contributed by atoms with Crippen LogP contribution in [0.3, 0.4) is 0 Å². The van der Waals surface area contributed by atoms with Crippen molar-refractivity contribution in [3.63, 3.8) is 0 Å². The zero-order valence-electron chi connectivity index (χ0n) is 8.01. The normalized spacial score (nSPS) is 12.3. The fourth-order valence-electron chi connectivity index (χ4n) is 1.61. The van der Waals surface area contributed by atoms with E-state index in [0.717, 1.165) is 22.8 Å². The van der Waals surface area contributed by atoms with E-state index in [9.17, 15) is 0 Å². The summed E-state index contributed by atoms with van der Waals surface area (Å²) >= 11 is 0. The number of hydrogen-bond donors (Lipinski definition) is 1. The average molecular weight is 195 g/mol. The maximum Gasteiger partial charge on any atom is 0.137 e. The van der Waals surface area contributed by atoms with Crippen molar-refractivity contribution in [3.8, 4) is 0 Å². The summed E-state index contributed by atoms with van der Waals surface area (Å²) in [6.07, 6.45) is 7.58. The lowest BCUT2D eigenvalue weighted by atomic mass is 10.2. The van der Waals surface area contributed by atoms with E-state index in [-0.39, 0.29) is 0 Å². The molecule has 3 heterocycles. The van der Waals surface area contributed by atoms with Crippen molar-refractivity contribution in [2.45, 2.75) is 0 Å². The molecule has 0 unspecified atom stereocenters. The third kappa shape index (κ3) is 1.38. The molecular formula is C12H9N3. The molecule has 1 aliphatic heterocycles. The predicted octanol–water partition coefficient (Wildman–Crippen LogP) is 2.70. The number of anilines is 2. The molecule has 0 saturated carbocycles. The summed E-state index contributed by atoms with van der Waals surface area (Å²) in [7, 11) is 0. The van der Waals surface area contributed by atoms with Crippen LogP contribution in [0.2, 0.25) is 0 Å². The number of nitrogens with one attached hydrogen (secondary N) is 1. The Morgan fingerprint density at radius 1 is 0.933 bits per heavy atom. The van der Waals surface area contributed by atoms with E-state index in [2.05, 4.69) is 15.3 Å². The smallest absolute Gasteiger partial charge is 0.137 e. The summed E-state index contributed by atoms with van der Waals surface area (Å²) < 4.78 is 0. The molecule has 15 heavy (non-hydrogen) atoms. The fraction of sp³-hybridized carbons (Fsp3) is 0. The Labute approximate surface area is 87.5 Å². The van der Waals surface area contributed by atoms with Gasteiger partial charge in [0, 0.05) is 18.0 Å². The zero-order valence-corrected chi connectivity index (χ0v) is 8.01. The average Bonchev–Trinajstić information content (AvgIpc) is 2.48. The predicted molar refractivity (Wildman–Crippen MR) is 60.7 cm³/mol. The van der Waals surface area contributed by atoms with E-state index in [1.54, 1.807) is 12.4 Å². The van der Waals surface area contributed by atoms with Crippen LogP contribution in [0.1, 0.15) is 11.3 Å². The Balaban J connectivity index is 2.19. The largest absolute Gasteiger partial charge is 0.338 e. The SMILES string of the molecule is C1=Cc2ncccc2Nc2ncccc21. The van der Waals surface area contributed by atoms with Gasteiger partial charge in [-0.25, -0.2) is 4.98 Å². The van der Waals surface area contributed by atoms with Gasteiger partial charge in [0.05, 0.1) is 11.4 Å². The summed E-state index contributed by atoms with van der Waals surface area (Å²) in [6, 6.07) is 7.86. The summed E-state index contributed by atoms with van der Waals surface area (Å²) in [6.45, 7) is 0. The van der Waals surface area contributed by atoms with Gasteiger partial charge < -0.3 is 5.32 Å². The van der Waals surface area contributed by atoms with Crippen LogP contribution in [0.25, 0.3) is 12.2 Å². The Morgan fingerprint density at radius 3 is 2.80 bits per heavy atom. The van der Waals surface area contributed by atoms with Crippen molar-refractivity contribution in [2.75, 3.05) is 5.32 Å². The summed E-state index contributed by atoms with van der Waals surface area (Å²) in [5, 5.41) is 3.27. The second-order valence-corrected chi connectivity index (χ2v) is 3.34. The lowest BCUT2D eigenvalue weighted by molar-refractivity contribution is 1.26. The van der Waals surface area contributed by atoms with E-state index in [0.29, 0.717) is 0 Å². The molecule has 1 N–H and O–H groups in total. The van der Waals surface area contributed by atoms with E-state index < -0.39 is 0 Å². The number of rotatable bonds is 0. The first-order valence-electron chi connectivity index (χ1n) is 4.78. The first-order valence-corrected chi connectivity index (χ1v) is 4.78. The minimum absolute atomic E-state index is 0.875. The third-order valence-electron chi connectivity index (χ3n) is 2.35. The fourth-order valence-corrected chi connectivity index (χ4v) is 1.61. The highest BCUT2D eigenvalue weighted by atomic mass is 15.0. The van der Waals surface area contributed by atoms with Crippen molar-refractivity contribution < 1.29 is 0 Å². The maximum absolute atomic E-state index is 4.29. The van der Waals surface area contributed by atoms with Gasteiger partial charge in [-0.2, -0.15) is 0 Å². The third-order valence-corrected chi connectivity index (χ3v) is 2.35. The van der Waals surface area contributed by atoms with Crippen molar-refractivity contribution in [1.82, 2.24) is 9.97 Å². The molecule has 3 heteroatoms. The number of pyridine rings is 2. The van der Waals surface area contributed by atoms with E-state index in [4.69, 9.17) is 0 Å². The number of aromatic nitrogens is 2. The van der Waals surface area contributed by atoms with Gasteiger partial charge in [-0.05, 0) is 36.4 Å². The lowest BCUT2D eigenvalue weighted by Gasteiger charge is -2.06. The Bertz CT molecular complexity index is 484. The molecule has 0 saturated heterocycles. The molecule has 0 amide bonds. The van der Waals surface area contributed by atoms with Crippen LogP contribution in [-0.4, -0.2) is 9.97 Å². The molecule has 2 aromatic heterocycles. The minimum Gasteiger partial charge on any atom is -0.338 e. The number of hydrogen-bond acceptors (Lipinski definition) is 3. The molecule has 0 aromatic carbocycles. The zero-order chi connectivity index (χ0) is 10.1. The minimum atomic E-state index is 0.875. The van der Waals surface area contributed by atoms with Crippen molar-refractivity contribution in [2.24, 2.45) is 0 Å². The maximum atomic E-state index is 4.29. The van der Waals surface area contributed by atoms with Crippen LogP contribution in [0.15, 0.2) is 36.7 Å². The van der Waals surface area contributed by atoms with Gasteiger partial charge >= 0.3 is 0 Å². The second kappa shape index (κ2) is 3.20. The monoisotopic (exact) mass is 195 g/mol. The topological polar surface area (TPSA) is 37.8 Å².